The molecule has 1 amide bonds. The molecule has 0 saturated heterocycles. The van der Waals surface area contributed by atoms with E-state index in [9.17, 15) is 4.79 Å². The molecule has 0 unspecified atom stereocenters. The van der Waals surface area contributed by atoms with Gasteiger partial charge in [-0.3, -0.25) is 19.4 Å². The Morgan fingerprint density at radius 3 is 2.68 bits per heavy atom. The minimum atomic E-state index is -0.126. The monoisotopic (exact) mass is 301 g/mol. The summed E-state index contributed by atoms with van der Waals surface area (Å²) in [5, 5.41) is 7.42. The average molecular weight is 301 g/mol. The van der Waals surface area contributed by atoms with Gasteiger partial charge >= 0.3 is 0 Å². The molecule has 2 aromatic rings. The van der Waals surface area contributed by atoms with Gasteiger partial charge in [0.2, 0.25) is 5.91 Å². The lowest BCUT2D eigenvalue weighted by molar-refractivity contribution is -0.124. The van der Waals surface area contributed by atoms with Crippen molar-refractivity contribution >= 4 is 5.91 Å². The molecule has 118 valence electrons. The SMILES string of the molecule is Cc1nn(C[C@@H](C)C(=O)NCCc2cnccn2)c(C)c1C. The van der Waals surface area contributed by atoms with Crippen molar-refractivity contribution in [3.05, 3.63) is 41.2 Å². The van der Waals surface area contributed by atoms with Crippen LogP contribution in [0.2, 0.25) is 0 Å². The van der Waals surface area contributed by atoms with E-state index in [0.29, 0.717) is 19.5 Å². The molecular formula is C16H23N5O. The topological polar surface area (TPSA) is 72.7 Å². The number of carbonyl (C=O) groups is 1. The summed E-state index contributed by atoms with van der Waals surface area (Å²) >= 11 is 0. The van der Waals surface area contributed by atoms with Gasteiger partial charge in [0.15, 0.2) is 0 Å². The zero-order chi connectivity index (χ0) is 16.1. The van der Waals surface area contributed by atoms with Crippen molar-refractivity contribution in [1.29, 1.82) is 0 Å². The second kappa shape index (κ2) is 7.15. The molecule has 0 bridgehead atoms. The number of amides is 1. The van der Waals surface area contributed by atoms with Crippen LogP contribution >= 0.6 is 0 Å². The van der Waals surface area contributed by atoms with E-state index in [1.807, 2.05) is 25.5 Å². The standard InChI is InChI=1S/C16H23N5O/c1-11(10-21-14(4)12(2)13(3)20-21)16(22)19-6-5-15-9-17-7-8-18-15/h7-9,11H,5-6,10H2,1-4H3,(H,19,22)/t11-/m1/s1. The summed E-state index contributed by atoms with van der Waals surface area (Å²) in [6, 6.07) is 0. The first-order chi connectivity index (χ1) is 10.5. The molecule has 0 spiro atoms. The molecular weight excluding hydrogens is 278 g/mol. The first-order valence-electron chi connectivity index (χ1n) is 7.52. The molecule has 0 aliphatic carbocycles. The quantitative estimate of drug-likeness (QED) is 0.879. The van der Waals surface area contributed by atoms with Gasteiger partial charge in [0, 0.05) is 37.3 Å². The van der Waals surface area contributed by atoms with E-state index in [-0.39, 0.29) is 11.8 Å². The van der Waals surface area contributed by atoms with Gasteiger partial charge in [0.05, 0.1) is 23.9 Å². The highest BCUT2D eigenvalue weighted by atomic mass is 16.1. The van der Waals surface area contributed by atoms with Crippen molar-refractivity contribution < 1.29 is 4.79 Å². The van der Waals surface area contributed by atoms with Crippen molar-refractivity contribution in [3.8, 4) is 0 Å². The van der Waals surface area contributed by atoms with E-state index >= 15 is 0 Å². The minimum Gasteiger partial charge on any atom is -0.355 e. The third-order valence-electron chi connectivity index (χ3n) is 3.93. The zero-order valence-corrected chi connectivity index (χ0v) is 13.6. The smallest absolute Gasteiger partial charge is 0.224 e. The van der Waals surface area contributed by atoms with Crippen LogP contribution in [0.5, 0.6) is 0 Å². The maximum absolute atomic E-state index is 12.2. The van der Waals surface area contributed by atoms with E-state index in [1.165, 1.54) is 5.56 Å². The Hall–Kier alpha value is -2.24. The molecule has 0 radical (unpaired) electrons. The average Bonchev–Trinajstić information content (AvgIpc) is 2.75. The first kappa shape index (κ1) is 16.1. The summed E-state index contributed by atoms with van der Waals surface area (Å²) in [5.41, 5.74) is 4.21. The van der Waals surface area contributed by atoms with Crippen LogP contribution in [0.25, 0.3) is 0 Å². The summed E-state index contributed by atoms with van der Waals surface area (Å²) in [7, 11) is 0. The van der Waals surface area contributed by atoms with Crippen LogP contribution in [0.3, 0.4) is 0 Å². The molecule has 2 aromatic heterocycles. The van der Waals surface area contributed by atoms with Crippen molar-refractivity contribution in [2.24, 2.45) is 5.92 Å². The molecule has 2 rings (SSSR count). The molecule has 0 saturated carbocycles. The van der Waals surface area contributed by atoms with Gasteiger partial charge in [-0.15, -0.1) is 0 Å². The van der Waals surface area contributed by atoms with Crippen molar-refractivity contribution in [2.75, 3.05) is 6.54 Å². The highest BCUT2D eigenvalue weighted by Crippen LogP contribution is 2.12. The third-order valence-corrected chi connectivity index (χ3v) is 3.93. The number of hydrogen-bond acceptors (Lipinski definition) is 4. The van der Waals surface area contributed by atoms with E-state index in [4.69, 9.17) is 0 Å². The molecule has 22 heavy (non-hydrogen) atoms. The maximum Gasteiger partial charge on any atom is 0.224 e. The highest BCUT2D eigenvalue weighted by molar-refractivity contribution is 5.78. The van der Waals surface area contributed by atoms with Crippen LogP contribution in [0.4, 0.5) is 0 Å². The Labute approximate surface area is 131 Å². The van der Waals surface area contributed by atoms with Gasteiger partial charge in [-0.25, -0.2) is 0 Å². The second-order valence-corrected chi connectivity index (χ2v) is 5.62. The Morgan fingerprint density at radius 1 is 1.32 bits per heavy atom. The summed E-state index contributed by atoms with van der Waals surface area (Å²) in [6.45, 7) is 9.16. The lowest BCUT2D eigenvalue weighted by Crippen LogP contribution is -2.33. The number of carbonyl (C=O) groups excluding carboxylic acids is 1. The van der Waals surface area contributed by atoms with Gasteiger partial charge < -0.3 is 5.32 Å². The predicted octanol–water partition coefficient (Wildman–Crippen LogP) is 1.59. The lowest BCUT2D eigenvalue weighted by Gasteiger charge is -2.13. The summed E-state index contributed by atoms with van der Waals surface area (Å²) in [4.78, 5) is 20.3. The molecule has 0 aliphatic rings. The molecule has 6 heteroatoms. The summed E-state index contributed by atoms with van der Waals surface area (Å²) in [5.74, 6) is -0.0895. The molecule has 0 fully saturated rings. The van der Waals surface area contributed by atoms with Gasteiger partial charge in [0.1, 0.15) is 0 Å². The van der Waals surface area contributed by atoms with E-state index in [1.54, 1.807) is 18.6 Å². The summed E-state index contributed by atoms with van der Waals surface area (Å²) < 4.78 is 1.91. The Kier molecular flexibility index (Phi) is 5.25. The van der Waals surface area contributed by atoms with E-state index < -0.39 is 0 Å². The third kappa shape index (κ3) is 3.90. The van der Waals surface area contributed by atoms with E-state index in [0.717, 1.165) is 17.1 Å². The highest BCUT2D eigenvalue weighted by Gasteiger charge is 2.16. The number of rotatable bonds is 6. The number of aryl methyl sites for hydroxylation is 1. The predicted molar refractivity (Wildman–Crippen MR) is 84.3 cm³/mol. The van der Waals surface area contributed by atoms with Crippen LogP contribution in [0, 0.1) is 26.7 Å². The molecule has 2 heterocycles. The lowest BCUT2D eigenvalue weighted by atomic mass is 10.1. The molecule has 0 aliphatic heterocycles. The Balaban J connectivity index is 1.83. The molecule has 1 atom stereocenters. The largest absolute Gasteiger partial charge is 0.355 e. The zero-order valence-electron chi connectivity index (χ0n) is 13.6. The fraction of sp³-hybridized carbons (Fsp3) is 0.500. The Morgan fingerprint density at radius 2 is 2.09 bits per heavy atom. The maximum atomic E-state index is 12.2. The molecule has 6 nitrogen and oxygen atoms in total. The molecule has 1 N–H and O–H groups in total. The van der Waals surface area contributed by atoms with E-state index in [2.05, 4.69) is 27.3 Å². The number of aromatic nitrogens is 4. The fourth-order valence-electron chi connectivity index (χ4n) is 2.25. The van der Waals surface area contributed by atoms with Crippen molar-refractivity contribution in [2.45, 2.75) is 40.7 Å². The van der Waals surface area contributed by atoms with Gasteiger partial charge in [0.25, 0.3) is 0 Å². The number of nitrogens with zero attached hydrogens (tertiary/aromatic N) is 4. The van der Waals surface area contributed by atoms with Crippen LogP contribution < -0.4 is 5.32 Å². The van der Waals surface area contributed by atoms with Gasteiger partial charge in [-0.05, 0) is 26.3 Å². The normalized spacial score (nSPS) is 12.2. The fourth-order valence-corrected chi connectivity index (χ4v) is 2.25. The number of hydrogen-bond donors (Lipinski definition) is 1. The van der Waals surface area contributed by atoms with Crippen molar-refractivity contribution in [1.82, 2.24) is 25.1 Å². The van der Waals surface area contributed by atoms with Crippen LogP contribution in [-0.2, 0) is 17.8 Å². The minimum absolute atomic E-state index is 0.0362. The molecule has 0 aromatic carbocycles. The summed E-state index contributed by atoms with van der Waals surface area (Å²) in [6.07, 6.45) is 5.70. The Bertz CT molecular complexity index is 635. The second-order valence-electron chi connectivity index (χ2n) is 5.62. The number of nitrogens with one attached hydrogen (secondary N) is 1. The van der Waals surface area contributed by atoms with Gasteiger partial charge in [-0.1, -0.05) is 6.92 Å². The van der Waals surface area contributed by atoms with Crippen LogP contribution in [0.1, 0.15) is 29.6 Å². The van der Waals surface area contributed by atoms with Crippen LogP contribution in [-0.4, -0.2) is 32.2 Å². The van der Waals surface area contributed by atoms with Crippen molar-refractivity contribution in [3.63, 3.8) is 0 Å². The van der Waals surface area contributed by atoms with Gasteiger partial charge in [-0.2, -0.15) is 5.10 Å². The first-order valence-corrected chi connectivity index (χ1v) is 7.52. The van der Waals surface area contributed by atoms with Crippen LogP contribution in [0.15, 0.2) is 18.6 Å².